The molecule has 0 fully saturated rings. The summed E-state index contributed by atoms with van der Waals surface area (Å²) in [6.07, 6.45) is 1.56. The van der Waals surface area contributed by atoms with Crippen molar-refractivity contribution in [2.45, 2.75) is 0 Å². The van der Waals surface area contributed by atoms with Crippen LogP contribution in [0.25, 0.3) is 0 Å². The molecule has 5 heteroatoms. The highest BCUT2D eigenvalue weighted by atomic mass is 32.1. The number of carbonyl (C=O) groups excluding carboxylic acids is 1. The summed E-state index contributed by atoms with van der Waals surface area (Å²) in [6.45, 7) is 0. The fraction of sp³-hybridized carbons (Fsp3) is 0. The molecule has 17 heavy (non-hydrogen) atoms. The molecule has 0 aliphatic rings. The molecular formula is C12H9FN2OS. The number of benzene rings is 1. The molecule has 0 spiro atoms. The molecule has 3 nitrogen and oxygen atoms in total. The second kappa shape index (κ2) is 4.88. The van der Waals surface area contributed by atoms with E-state index in [-0.39, 0.29) is 5.56 Å². The normalized spacial score (nSPS) is 9.94. The maximum atomic E-state index is 13.3. The number of carbonyl (C=O) groups is 1. The third-order valence-electron chi connectivity index (χ3n) is 2.16. The largest absolute Gasteiger partial charge is 0.351 e. The lowest BCUT2D eigenvalue weighted by atomic mass is 10.2. The van der Waals surface area contributed by atoms with Crippen LogP contribution in [0.1, 0.15) is 10.4 Å². The first-order chi connectivity index (χ1) is 8.16. The second-order valence-electron chi connectivity index (χ2n) is 3.38. The Bertz CT molecular complexity index is 589. The summed E-state index contributed by atoms with van der Waals surface area (Å²) in [7, 11) is 0. The molecule has 0 aliphatic carbocycles. The smallest absolute Gasteiger partial charge is 0.258 e. The van der Waals surface area contributed by atoms with Gasteiger partial charge in [0.25, 0.3) is 5.91 Å². The summed E-state index contributed by atoms with van der Waals surface area (Å²) >= 11 is 4.87. The molecule has 0 saturated heterocycles. The first kappa shape index (κ1) is 11.5. The van der Waals surface area contributed by atoms with Crippen LogP contribution in [0, 0.1) is 10.5 Å². The van der Waals surface area contributed by atoms with Gasteiger partial charge in [0.2, 0.25) is 0 Å². The number of hydrogen-bond donors (Lipinski definition) is 2. The van der Waals surface area contributed by atoms with Crippen LogP contribution in [0.15, 0.2) is 42.6 Å². The Labute approximate surface area is 102 Å². The van der Waals surface area contributed by atoms with Crippen LogP contribution in [0.3, 0.4) is 0 Å². The maximum absolute atomic E-state index is 13.3. The molecule has 0 bridgehead atoms. The highest BCUT2D eigenvalue weighted by molar-refractivity contribution is 7.71. The Hall–Kier alpha value is -2.01. The predicted octanol–water partition coefficient (Wildman–Crippen LogP) is 3.14. The van der Waals surface area contributed by atoms with Crippen molar-refractivity contribution in [2.75, 3.05) is 5.32 Å². The zero-order chi connectivity index (χ0) is 12.3. The fourth-order valence-corrected chi connectivity index (χ4v) is 1.46. The quantitative estimate of drug-likeness (QED) is 0.802. The molecule has 0 unspecified atom stereocenters. The van der Waals surface area contributed by atoms with Crippen LogP contribution in [0.4, 0.5) is 10.1 Å². The first-order valence-electron chi connectivity index (χ1n) is 4.91. The first-order valence-corrected chi connectivity index (χ1v) is 5.32. The maximum Gasteiger partial charge on any atom is 0.258 e. The van der Waals surface area contributed by atoms with Gasteiger partial charge in [-0.2, -0.15) is 0 Å². The average molecular weight is 248 g/mol. The number of rotatable bonds is 2. The van der Waals surface area contributed by atoms with E-state index < -0.39 is 11.7 Å². The summed E-state index contributed by atoms with van der Waals surface area (Å²) in [4.78, 5) is 14.5. The molecule has 0 radical (unpaired) electrons. The number of anilines is 1. The van der Waals surface area contributed by atoms with Crippen molar-refractivity contribution in [2.24, 2.45) is 0 Å². The van der Waals surface area contributed by atoms with Crippen LogP contribution in [-0.4, -0.2) is 10.9 Å². The van der Waals surface area contributed by atoms with Gasteiger partial charge in [0.15, 0.2) is 0 Å². The van der Waals surface area contributed by atoms with Crippen molar-refractivity contribution < 1.29 is 9.18 Å². The van der Waals surface area contributed by atoms with Gasteiger partial charge in [-0.05, 0) is 24.3 Å². The fourth-order valence-electron chi connectivity index (χ4n) is 1.33. The van der Waals surface area contributed by atoms with E-state index >= 15 is 0 Å². The molecule has 1 aromatic carbocycles. The van der Waals surface area contributed by atoms with E-state index in [1.165, 1.54) is 18.2 Å². The van der Waals surface area contributed by atoms with E-state index in [9.17, 15) is 9.18 Å². The van der Waals surface area contributed by atoms with Gasteiger partial charge in [-0.3, -0.25) is 4.79 Å². The van der Waals surface area contributed by atoms with Gasteiger partial charge in [-0.1, -0.05) is 24.4 Å². The van der Waals surface area contributed by atoms with Crippen molar-refractivity contribution >= 4 is 23.8 Å². The SMILES string of the molecule is O=C(Nc1ccc(=S)[nH]c1)c1ccccc1F. The number of aromatic amines is 1. The second-order valence-corrected chi connectivity index (χ2v) is 3.82. The number of pyridine rings is 1. The van der Waals surface area contributed by atoms with Crippen molar-refractivity contribution in [3.8, 4) is 0 Å². The third kappa shape index (κ3) is 2.76. The molecule has 2 N–H and O–H groups in total. The number of H-pyrrole nitrogens is 1. The van der Waals surface area contributed by atoms with Crippen LogP contribution in [0.5, 0.6) is 0 Å². The van der Waals surface area contributed by atoms with Crippen LogP contribution < -0.4 is 5.32 Å². The van der Waals surface area contributed by atoms with Crippen LogP contribution >= 0.6 is 12.2 Å². The summed E-state index contributed by atoms with van der Waals surface area (Å²) in [5.41, 5.74) is 0.543. The minimum atomic E-state index is -0.547. The van der Waals surface area contributed by atoms with Gasteiger partial charge in [0.05, 0.1) is 11.3 Å². The standard InChI is InChI=1S/C12H9FN2OS/c13-10-4-2-1-3-9(10)12(16)15-8-5-6-11(17)14-7-8/h1-7H,(H,14,17)(H,15,16). The lowest BCUT2D eigenvalue weighted by Gasteiger charge is -2.05. The highest BCUT2D eigenvalue weighted by Gasteiger charge is 2.10. The zero-order valence-electron chi connectivity index (χ0n) is 8.74. The zero-order valence-corrected chi connectivity index (χ0v) is 9.55. The molecular weight excluding hydrogens is 239 g/mol. The molecule has 2 aromatic rings. The number of nitrogens with one attached hydrogen (secondary N) is 2. The van der Waals surface area contributed by atoms with Gasteiger partial charge in [0, 0.05) is 6.20 Å². The molecule has 0 aliphatic heterocycles. The summed E-state index contributed by atoms with van der Waals surface area (Å²) < 4.78 is 13.9. The molecule has 1 aromatic heterocycles. The van der Waals surface area contributed by atoms with E-state index in [0.717, 1.165) is 0 Å². The van der Waals surface area contributed by atoms with E-state index in [0.29, 0.717) is 10.3 Å². The number of amides is 1. The van der Waals surface area contributed by atoms with Crippen LogP contribution in [-0.2, 0) is 0 Å². The van der Waals surface area contributed by atoms with Gasteiger partial charge in [-0.25, -0.2) is 4.39 Å². The van der Waals surface area contributed by atoms with Crippen molar-refractivity contribution in [3.05, 3.63) is 58.6 Å². The van der Waals surface area contributed by atoms with Crippen molar-refractivity contribution in [1.29, 1.82) is 0 Å². The minimum Gasteiger partial charge on any atom is -0.351 e. The van der Waals surface area contributed by atoms with E-state index in [4.69, 9.17) is 12.2 Å². The lowest BCUT2D eigenvalue weighted by molar-refractivity contribution is 0.102. The molecule has 0 saturated carbocycles. The Balaban J connectivity index is 2.20. The Morgan fingerprint density at radius 1 is 1.24 bits per heavy atom. The number of aromatic nitrogens is 1. The highest BCUT2D eigenvalue weighted by Crippen LogP contribution is 2.10. The van der Waals surface area contributed by atoms with Gasteiger partial charge >= 0.3 is 0 Å². The van der Waals surface area contributed by atoms with Gasteiger partial charge < -0.3 is 10.3 Å². The average Bonchev–Trinajstić information content (AvgIpc) is 2.32. The topological polar surface area (TPSA) is 44.9 Å². The van der Waals surface area contributed by atoms with E-state index in [1.54, 1.807) is 24.4 Å². The van der Waals surface area contributed by atoms with Crippen molar-refractivity contribution in [1.82, 2.24) is 4.98 Å². The molecule has 2 rings (SSSR count). The Morgan fingerprint density at radius 2 is 2.00 bits per heavy atom. The Kier molecular flexibility index (Phi) is 3.30. The molecule has 1 amide bonds. The van der Waals surface area contributed by atoms with Crippen LogP contribution in [0.2, 0.25) is 0 Å². The molecule has 86 valence electrons. The summed E-state index contributed by atoms with van der Waals surface area (Å²) in [6, 6.07) is 9.11. The molecule has 0 atom stereocenters. The Morgan fingerprint density at radius 3 is 2.65 bits per heavy atom. The number of halogens is 1. The van der Waals surface area contributed by atoms with Gasteiger partial charge in [-0.15, -0.1) is 0 Å². The number of hydrogen-bond acceptors (Lipinski definition) is 2. The monoisotopic (exact) mass is 248 g/mol. The summed E-state index contributed by atoms with van der Waals surface area (Å²) in [5, 5.41) is 2.57. The van der Waals surface area contributed by atoms with Gasteiger partial charge in [0.1, 0.15) is 10.5 Å². The predicted molar refractivity (Wildman–Crippen MR) is 66.0 cm³/mol. The lowest BCUT2D eigenvalue weighted by Crippen LogP contribution is -2.13. The van der Waals surface area contributed by atoms with Crippen molar-refractivity contribution in [3.63, 3.8) is 0 Å². The third-order valence-corrected chi connectivity index (χ3v) is 2.41. The van der Waals surface area contributed by atoms with E-state index in [1.807, 2.05) is 0 Å². The molecule has 1 heterocycles. The van der Waals surface area contributed by atoms with E-state index in [2.05, 4.69) is 10.3 Å². The summed E-state index contributed by atoms with van der Waals surface area (Å²) in [5.74, 6) is -1.04. The minimum absolute atomic E-state index is 0.00921.